The Morgan fingerprint density at radius 1 is 1.16 bits per heavy atom. The first-order chi connectivity index (χ1) is 9.24. The van der Waals surface area contributed by atoms with E-state index in [1.54, 1.807) is 24.4 Å². The molecule has 0 saturated carbocycles. The molecule has 6 heteroatoms. The van der Waals surface area contributed by atoms with Gasteiger partial charge in [0.25, 0.3) is 5.91 Å². The van der Waals surface area contributed by atoms with Gasteiger partial charge in [-0.25, -0.2) is 9.97 Å². The Bertz CT molecular complexity index is 667. The lowest BCUT2D eigenvalue weighted by Gasteiger charge is -2.05. The summed E-state index contributed by atoms with van der Waals surface area (Å²) in [7, 11) is 0. The van der Waals surface area contributed by atoms with E-state index in [0.717, 1.165) is 5.56 Å². The third-order valence-corrected chi connectivity index (χ3v) is 2.93. The van der Waals surface area contributed by atoms with Crippen LogP contribution in [0, 0.1) is 0 Å². The van der Waals surface area contributed by atoms with E-state index in [9.17, 15) is 4.79 Å². The topological polar surface area (TPSA) is 66.9 Å². The van der Waals surface area contributed by atoms with E-state index in [0.29, 0.717) is 22.1 Å². The molecule has 1 aliphatic rings. The number of carbonyl (C=O) groups is 1. The van der Waals surface area contributed by atoms with Crippen molar-refractivity contribution in [3.8, 4) is 11.4 Å². The standard InChI is InChI=1S/C13H9ClN4O/c14-9-3-1-8(2-4-9)12-15-7-10-11(17-12)5-6-16-18-13(10)19/h1-7,16H,(H,18,19). The van der Waals surface area contributed by atoms with Crippen molar-refractivity contribution in [1.82, 2.24) is 20.8 Å². The smallest absolute Gasteiger partial charge is 0.273 e. The molecule has 0 saturated heterocycles. The monoisotopic (exact) mass is 272 g/mol. The molecule has 1 aliphatic heterocycles. The Hall–Kier alpha value is -2.40. The Balaban J connectivity index is 2.07. The molecule has 0 spiro atoms. The molecule has 0 fully saturated rings. The summed E-state index contributed by atoms with van der Waals surface area (Å²) >= 11 is 5.84. The molecule has 2 N–H and O–H groups in total. The summed E-state index contributed by atoms with van der Waals surface area (Å²) < 4.78 is 0. The first kappa shape index (κ1) is 11.7. The second kappa shape index (κ2) is 4.70. The zero-order valence-electron chi connectivity index (χ0n) is 9.72. The van der Waals surface area contributed by atoms with E-state index >= 15 is 0 Å². The average molecular weight is 273 g/mol. The molecule has 0 unspecified atom stereocenters. The average Bonchev–Trinajstić information content (AvgIpc) is 2.61. The van der Waals surface area contributed by atoms with E-state index in [4.69, 9.17) is 11.6 Å². The first-order valence-corrected chi connectivity index (χ1v) is 5.97. The van der Waals surface area contributed by atoms with Crippen molar-refractivity contribution in [1.29, 1.82) is 0 Å². The fourth-order valence-corrected chi connectivity index (χ4v) is 1.86. The van der Waals surface area contributed by atoms with Crippen molar-refractivity contribution < 1.29 is 4.79 Å². The van der Waals surface area contributed by atoms with Gasteiger partial charge in [-0.15, -0.1) is 0 Å². The lowest BCUT2D eigenvalue weighted by molar-refractivity contribution is 0.0941. The van der Waals surface area contributed by atoms with Crippen molar-refractivity contribution in [2.24, 2.45) is 0 Å². The van der Waals surface area contributed by atoms with Crippen molar-refractivity contribution in [3.05, 3.63) is 52.9 Å². The maximum absolute atomic E-state index is 11.7. The Labute approximate surface area is 114 Å². The second-order valence-electron chi connectivity index (χ2n) is 3.93. The third kappa shape index (κ3) is 2.28. The predicted octanol–water partition coefficient (Wildman–Crippen LogP) is 2.02. The van der Waals surface area contributed by atoms with Crippen LogP contribution in [0.4, 0.5) is 0 Å². The highest BCUT2D eigenvalue weighted by Gasteiger charge is 2.15. The summed E-state index contributed by atoms with van der Waals surface area (Å²) in [5, 5.41) is 0.655. The van der Waals surface area contributed by atoms with E-state index < -0.39 is 0 Å². The molecule has 0 atom stereocenters. The Morgan fingerprint density at radius 2 is 1.95 bits per heavy atom. The van der Waals surface area contributed by atoms with Crippen LogP contribution in [0.5, 0.6) is 0 Å². The number of hydrazine groups is 1. The lowest BCUT2D eigenvalue weighted by Crippen LogP contribution is -2.32. The normalized spacial score (nSPS) is 13.2. The summed E-state index contributed by atoms with van der Waals surface area (Å²) in [4.78, 5) is 20.3. The molecule has 19 heavy (non-hydrogen) atoms. The second-order valence-corrected chi connectivity index (χ2v) is 4.37. The van der Waals surface area contributed by atoms with Crippen molar-refractivity contribution in [2.45, 2.75) is 0 Å². The predicted molar refractivity (Wildman–Crippen MR) is 72.1 cm³/mol. The lowest BCUT2D eigenvalue weighted by atomic mass is 10.1. The minimum Gasteiger partial charge on any atom is -0.306 e. The quantitative estimate of drug-likeness (QED) is 0.833. The van der Waals surface area contributed by atoms with E-state index in [-0.39, 0.29) is 5.91 Å². The van der Waals surface area contributed by atoms with Crippen LogP contribution in [0.25, 0.3) is 17.5 Å². The molecular formula is C13H9ClN4O. The van der Waals surface area contributed by atoms with Gasteiger partial charge in [0.1, 0.15) is 0 Å². The minimum atomic E-state index is -0.261. The van der Waals surface area contributed by atoms with Gasteiger partial charge in [-0.3, -0.25) is 10.2 Å². The third-order valence-electron chi connectivity index (χ3n) is 2.68. The molecule has 94 valence electrons. The highest BCUT2D eigenvalue weighted by atomic mass is 35.5. The maximum atomic E-state index is 11.7. The SMILES string of the molecule is O=C1NNC=Cc2nc(-c3ccc(Cl)cc3)ncc21. The number of aromatic nitrogens is 2. The zero-order valence-corrected chi connectivity index (χ0v) is 10.5. The zero-order chi connectivity index (χ0) is 13.2. The van der Waals surface area contributed by atoms with Crippen molar-refractivity contribution >= 4 is 23.6 Å². The number of hydrogen-bond donors (Lipinski definition) is 2. The number of fused-ring (bicyclic) bond motifs is 1. The van der Waals surface area contributed by atoms with Crippen molar-refractivity contribution in [2.75, 3.05) is 0 Å². The number of nitrogens with one attached hydrogen (secondary N) is 2. The number of hydrogen-bond acceptors (Lipinski definition) is 4. The molecular weight excluding hydrogens is 264 g/mol. The Morgan fingerprint density at radius 3 is 2.74 bits per heavy atom. The molecule has 3 rings (SSSR count). The van der Waals surface area contributed by atoms with Gasteiger partial charge < -0.3 is 5.43 Å². The van der Waals surface area contributed by atoms with Gasteiger partial charge in [-0.05, 0) is 30.3 Å². The number of carbonyl (C=O) groups excluding carboxylic acids is 1. The minimum absolute atomic E-state index is 0.261. The van der Waals surface area contributed by atoms with Gasteiger partial charge in [-0.1, -0.05) is 11.6 Å². The van der Waals surface area contributed by atoms with Crippen LogP contribution in [-0.4, -0.2) is 15.9 Å². The number of amides is 1. The van der Waals surface area contributed by atoms with Gasteiger partial charge in [0, 0.05) is 23.0 Å². The molecule has 2 aromatic rings. The molecule has 1 aromatic carbocycles. The van der Waals surface area contributed by atoms with Gasteiger partial charge >= 0.3 is 0 Å². The fourth-order valence-electron chi connectivity index (χ4n) is 1.73. The van der Waals surface area contributed by atoms with E-state index in [1.165, 1.54) is 6.20 Å². The highest BCUT2D eigenvalue weighted by Crippen LogP contribution is 2.20. The van der Waals surface area contributed by atoms with E-state index in [2.05, 4.69) is 20.8 Å². The van der Waals surface area contributed by atoms with Gasteiger partial charge in [0.15, 0.2) is 5.82 Å². The van der Waals surface area contributed by atoms with Crippen LogP contribution >= 0.6 is 11.6 Å². The fraction of sp³-hybridized carbons (Fsp3) is 0. The number of rotatable bonds is 1. The summed E-state index contributed by atoms with van der Waals surface area (Å²) in [6.45, 7) is 0. The van der Waals surface area contributed by atoms with Crippen LogP contribution in [0.2, 0.25) is 5.02 Å². The molecule has 1 aromatic heterocycles. The number of halogens is 1. The molecule has 5 nitrogen and oxygen atoms in total. The summed E-state index contributed by atoms with van der Waals surface area (Å²) in [5.74, 6) is 0.289. The first-order valence-electron chi connectivity index (χ1n) is 5.59. The maximum Gasteiger partial charge on any atom is 0.273 e. The van der Waals surface area contributed by atoms with Crippen LogP contribution in [-0.2, 0) is 0 Å². The number of nitrogens with zero attached hydrogens (tertiary/aromatic N) is 2. The summed E-state index contributed by atoms with van der Waals surface area (Å²) in [6.07, 6.45) is 4.84. The van der Waals surface area contributed by atoms with Gasteiger partial charge in [-0.2, -0.15) is 0 Å². The van der Waals surface area contributed by atoms with Crippen LogP contribution in [0.1, 0.15) is 16.1 Å². The molecule has 0 bridgehead atoms. The van der Waals surface area contributed by atoms with Crippen molar-refractivity contribution in [3.63, 3.8) is 0 Å². The highest BCUT2D eigenvalue weighted by molar-refractivity contribution is 6.30. The Kier molecular flexibility index (Phi) is 2.89. The van der Waals surface area contributed by atoms with Crippen LogP contribution in [0.3, 0.4) is 0 Å². The summed E-state index contributed by atoms with van der Waals surface area (Å²) in [6, 6.07) is 7.22. The summed E-state index contributed by atoms with van der Waals surface area (Å²) in [5.41, 5.74) is 6.99. The molecule has 0 radical (unpaired) electrons. The molecule has 0 aliphatic carbocycles. The van der Waals surface area contributed by atoms with E-state index in [1.807, 2.05) is 12.1 Å². The van der Waals surface area contributed by atoms with Gasteiger partial charge in [0.2, 0.25) is 0 Å². The number of benzene rings is 1. The van der Waals surface area contributed by atoms with Crippen LogP contribution in [0.15, 0.2) is 36.7 Å². The molecule has 2 heterocycles. The van der Waals surface area contributed by atoms with Crippen LogP contribution < -0.4 is 10.9 Å². The van der Waals surface area contributed by atoms with Gasteiger partial charge in [0.05, 0.1) is 11.3 Å². The molecule has 1 amide bonds. The largest absolute Gasteiger partial charge is 0.306 e.